The van der Waals surface area contributed by atoms with Crippen LogP contribution in [0, 0.1) is 5.82 Å². The minimum atomic E-state index is -0.538. The number of ether oxygens (including phenoxy) is 1. The SMILES string of the molecule is CNc1cc(COC2CCC2)cn(-c2ncccc2F)c1=O. The molecule has 1 saturated carbocycles. The number of halogens is 1. The van der Waals surface area contributed by atoms with Crippen LogP contribution in [0.2, 0.25) is 0 Å². The molecule has 0 bridgehead atoms. The van der Waals surface area contributed by atoms with Crippen molar-refractivity contribution < 1.29 is 9.13 Å². The molecule has 0 aliphatic heterocycles. The summed E-state index contributed by atoms with van der Waals surface area (Å²) in [5.41, 5.74) is 0.855. The summed E-state index contributed by atoms with van der Waals surface area (Å²) in [4.78, 5) is 16.3. The van der Waals surface area contributed by atoms with Gasteiger partial charge in [0.15, 0.2) is 11.6 Å². The van der Waals surface area contributed by atoms with Gasteiger partial charge in [-0.15, -0.1) is 0 Å². The Morgan fingerprint density at radius 3 is 2.95 bits per heavy atom. The zero-order valence-electron chi connectivity index (χ0n) is 12.4. The van der Waals surface area contributed by atoms with E-state index < -0.39 is 5.82 Å². The average Bonchev–Trinajstić information content (AvgIpc) is 2.48. The van der Waals surface area contributed by atoms with Crippen LogP contribution in [0.4, 0.5) is 10.1 Å². The Kier molecular flexibility index (Phi) is 4.20. The second-order valence-corrected chi connectivity index (χ2v) is 5.36. The first-order chi connectivity index (χ1) is 10.7. The van der Waals surface area contributed by atoms with Gasteiger partial charge in [0.1, 0.15) is 5.69 Å². The van der Waals surface area contributed by atoms with Crippen molar-refractivity contribution >= 4 is 5.69 Å². The van der Waals surface area contributed by atoms with Crippen molar-refractivity contribution in [3.8, 4) is 5.82 Å². The van der Waals surface area contributed by atoms with Gasteiger partial charge in [0.2, 0.25) is 0 Å². The van der Waals surface area contributed by atoms with Crippen LogP contribution in [-0.2, 0) is 11.3 Å². The van der Waals surface area contributed by atoms with Gasteiger partial charge in [0.05, 0.1) is 12.7 Å². The lowest BCUT2D eigenvalue weighted by molar-refractivity contribution is -0.00881. The topological polar surface area (TPSA) is 56.1 Å². The molecular weight excluding hydrogens is 285 g/mol. The maximum absolute atomic E-state index is 13.9. The second-order valence-electron chi connectivity index (χ2n) is 5.36. The molecule has 5 nitrogen and oxygen atoms in total. The first-order valence-corrected chi connectivity index (χ1v) is 7.35. The summed E-state index contributed by atoms with van der Waals surface area (Å²) in [5, 5.41) is 2.84. The Bertz CT molecular complexity index is 726. The van der Waals surface area contributed by atoms with E-state index in [2.05, 4.69) is 10.3 Å². The fraction of sp³-hybridized carbons (Fsp3) is 0.375. The summed E-state index contributed by atoms with van der Waals surface area (Å²) in [7, 11) is 1.66. The molecule has 0 spiro atoms. The van der Waals surface area contributed by atoms with Gasteiger partial charge < -0.3 is 10.1 Å². The maximum Gasteiger partial charge on any atom is 0.279 e. The Morgan fingerprint density at radius 1 is 1.50 bits per heavy atom. The predicted octanol–water partition coefficient (Wildman–Crippen LogP) is 2.48. The number of nitrogens with zero attached hydrogens (tertiary/aromatic N) is 2. The molecule has 3 rings (SSSR count). The molecule has 1 N–H and O–H groups in total. The normalized spacial score (nSPS) is 14.6. The standard InChI is InChI=1S/C16H18FN3O2/c1-18-14-8-11(10-22-12-4-2-5-12)9-20(16(14)21)15-13(17)6-3-7-19-15/h3,6-9,12,18H,2,4-5,10H2,1H3. The zero-order chi connectivity index (χ0) is 15.5. The second kappa shape index (κ2) is 6.27. The number of hydrogen-bond donors (Lipinski definition) is 1. The Labute approximate surface area is 127 Å². The third-order valence-electron chi connectivity index (χ3n) is 3.85. The first-order valence-electron chi connectivity index (χ1n) is 7.35. The van der Waals surface area contributed by atoms with Crippen molar-refractivity contribution in [1.29, 1.82) is 0 Å². The van der Waals surface area contributed by atoms with Gasteiger partial charge in [-0.25, -0.2) is 9.37 Å². The van der Waals surface area contributed by atoms with E-state index >= 15 is 0 Å². The number of hydrogen-bond acceptors (Lipinski definition) is 4. The number of anilines is 1. The Morgan fingerprint density at radius 2 is 2.32 bits per heavy atom. The molecule has 0 aromatic carbocycles. The first kappa shape index (κ1) is 14.7. The van der Waals surface area contributed by atoms with Gasteiger partial charge in [-0.2, -0.15) is 0 Å². The lowest BCUT2D eigenvalue weighted by Gasteiger charge is -2.25. The molecule has 1 aliphatic rings. The highest BCUT2D eigenvalue weighted by Crippen LogP contribution is 2.23. The summed E-state index contributed by atoms with van der Waals surface area (Å²) < 4.78 is 20.9. The summed E-state index contributed by atoms with van der Waals surface area (Å²) in [6, 6.07) is 4.51. The van der Waals surface area contributed by atoms with E-state index in [1.165, 1.54) is 29.3 Å². The smallest absolute Gasteiger partial charge is 0.279 e. The van der Waals surface area contributed by atoms with E-state index in [0.717, 1.165) is 18.4 Å². The van der Waals surface area contributed by atoms with E-state index in [-0.39, 0.29) is 11.4 Å². The summed E-state index contributed by atoms with van der Waals surface area (Å²) in [5.74, 6) is -0.543. The number of pyridine rings is 2. The van der Waals surface area contributed by atoms with Crippen LogP contribution in [-0.4, -0.2) is 22.7 Å². The van der Waals surface area contributed by atoms with E-state index in [0.29, 0.717) is 18.4 Å². The van der Waals surface area contributed by atoms with Gasteiger partial charge in [-0.3, -0.25) is 9.36 Å². The molecule has 0 amide bonds. The molecule has 0 saturated heterocycles. The number of aromatic nitrogens is 2. The highest BCUT2D eigenvalue weighted by molar-refractivity contribution is 5.45. The van der Waals surface area contributed by atoms with E-state index in [1.54, 1.807) is 19.3 Å². The van der Waals surface area contributed by atoms with Gasteiger partial charge in [-0.1, -0.05) is 0 Å². The monoisotopic (exact) mass is 303 g/mol. The lowest BCUT2D eigenvalue weighted by atomic mass is 9.96. The summed E-state index contributed by atoms with van der Waals surface area (Å²) in [6.45, 7) is 0.397. The minimum absolute atomic E-state index is 0.00510. The van der Waals surface area contributed by atoms with Crippen molar-refractivity contribution in [2.75, 3.05) is 12.4 Å². The summed E-state index contributed by atoms with van der Waals surface area (Å²) >= 11 is 0. The van der Waals surface area contributed by atoms with E-state index in [1.807, 2.05) is 0 Å². The van der Waals surface area contributed by atoms with Crippen LogP contribution >= 0.6 is 0 Å². The van der Waals surface area contributed by atoms with Gasteiger partial charge in [-0.05, 0) is 43.0 Å². The molecule has 6 heteroatoms. The van der Waals surface area contributed by atoms with E-state index in [9.17, 15) is 9.18 Å². The minimum Gasteiger partial charge on any atom is -0.384 e. The average molecular weight is 303 g/mol. The largest absolute Gasteiger partial charge is 0.384 e. The van der Waals surface area contributed by atoms with Gasteiger partial charge in [0.25, 0.3) is 5.56 Å². The van der Waals surface area contributed by atoms with Crippen molar-refractivity contribution in [1.82, 2.24) is 9.55 Å². The van der Waals surface area contributed by atoms with Crippen molar-refractivity contribution in [2.45, 2.75) is 32.0 Å². The van der Waals surface area contributed by atoms with Crippen LogP contribution in [0.25, 0.3) is 5.82 Å². The van der Waals surface area contributed by atoms with Crippen molar-refractivity contribution in [2.24, 2.45) is 0 Å². The predicted molar refractivity (Wildman–Crippen MR) is 81.8 cm³/mol. The van der Waals surface area contributed by atoms with E-state index in [4.69, 9.17) is 4.74 Å². The number of nitrogens with one attached hydrogen (secondary N) is 1. The molecule has 2 aromatic heterocycles. The lowest BCUT2D eigenvalue weighted by Crippen LogP contribution is -2.25. The van der Waals surface area contributed by atoms with Crippen molar-refractivity contribution in [3.63, 3.8) is 0 Å². The molecule has 0 unspecified atom stereocenters. The zero-order valence-corrected chi connectivity index (χ0v) is 12.4. The van der Waals surface area contributed by atoms with Crippen LogP contribution < -0.4 is 10.9 Å². The number of rotatable bonds is 5. The Hall–Kier alpha value is -2.21. The van der Waals surface area contributed by atoms with Crippen LogP contribution in [0.1, 0.15) is 24.8 Å². The van der Waals surface area contributed by atoms with Crippen LogP contribution in [0.5, 0.6) is 0 Å². The van der Waals surface area contributed by atoms with Crippen molar-refractivity contribution in [3.05, 3.63) is 52.3 Å². The fourth-order valence-electron chi connectivity index (χ4n) is 2.36. The molecule has 1 aliphatic carbocycles. The molecular formula is C16H18FN3O2. The molecule has 0 atom stereocenters. The molecule has 0 radical (unpaired) electrons. The maximum atomic E-state index is 13.9. The summed E-state index contributed by atoms with van der Waals surface area (Å²) in [6.07, 6.45) is 6.70. The van der Waals surface area contributed by atoms with Crippen LogP contribution in [0.3, 0.4) is 0 Å². The Balaban J connectivity index is 1.97. The quantitative estimate of drug-likeness (QED) is 0.922. The molecule has 116 valence electrons. The fourth-order valence-corrected chi connectivity index (χ4v) is 2.36. The third kappa shape index (κ3) is 2.87. The molecule has 2 aromatic rings. The highest BCUT2D eigenvalue weighted by atomic mass is 19.1. The highest BCUT2D eigenvalue weighted by Gasteiger charge is 2.18. The molecule has 1 fully saturated rings. The van der Waals surface area contributed by atoms with Gasteiger partial charge >= 0.3 is 0 Å². The molecule has 2 heterocycles. The van der Waals surface area contributed by atoms with Crippen LogP contribution in [0.15, 0.2) is 35.4 Å². The third-order valence-corrected chi connectivity index (χ3v) is 3.85. The van der Waals surface area contributed by atoms with Gasteiger partial charge in [0, 0.05) is 19.4 Å². The molecule has 22 heavy (non-hydrogen) atoms.